The highest BCUT2D eigenvalue weighted by Crippen LogP contribution is 2.49. The number of carbonyl (C=O) groups excluding carboxylic acids is 2. The molecule has 7 rings (SSSR count). The van der Waals surface area contributed by atoms with Gasteiger partial charge in [-0.3, -0.25) is 18.5 Å². The van der Waals surface area contributed by atoms with Crippen LogP contribution in [0.1, 0.15) is 170 Å². The van der Waals surface area contributed by atoms with Gasteiger partial charge >= 0.3 is 43.1 Å². The Bertz CT molecular complexity index is 3230. The lowest BCUT2D eigenvalue weighted by molar-refractivity contribution is -0.334. The molecule has 7 aliphatic heterocycles. The number of aliphatic hydroxyl groups excluding tert-OH is 6. The summed E-state index contributed by atoms with van der Waals surface area (Å²) in [6, 6.07) is 0. The molecule has 0 aromatic rings. The van der Waals surface area contributed by atoms with Crippen LogP contribution in [0.15, 0.2) is 71.9 Å². The molecule has 30 nitrogen and oxygen atoms in total. The maximum atomic E-state index is 13.4. The summed E-state index contributed by atoms with van der Waals surface area (Å²) in [7, 11) is -15.9. The van der Waals surface area contributed by atoms with Gasteiger partial charge in [-0.15, -0.1) is 0 Å². The number of hydrogen-bond acceptors (Lipinski definition) is 27. The number of fused-ring (bicyclic) bond motifs is 1. The predicted molar refractivity (Wildman–Crippen MR) is 355 cm³/mol. The van der Waals surface area contributed by atoms with Crippen molar-refractivity contribution in [2.24, 2.45) is 23.7 Å². The first-order valence-electron chi connectivity index (χ1n) is 34.5. The molecule has 7 heterocycles. The molecule has 33 heteroatoms. The summed E-state index contributed by atoms with van der Waals surface area (Å²) in [5, 5.41) is 77.6. The minimum absolute atomic E-state index is 0.00514. The molecule has 23 atom stereocenters. The summed E-state index contributed by atoms with van der Waals surface area (Å²) in [6.07, 6.45) is 3.05. The van der Waals surface area contributed by atoms with Crippen molar-refractivity contribution in [3.8, 4) is 0 Å². The fourth-order valence-corrected chi connectivity index (χ4v) is 15.7. The SMILES string of the molecule is C=C1[C@@H](O)[C@@H]2O[C@]3(CC[C@H](/C=C/[C@@H](C)[C@@H]4CC(C)=C[C@@]5(O[C@H](C[C@@](C)(O)C(=O)OC/C(C)=C/C=C/CCOC(=O)C/C=C\CCC(O)CC(CC(O)C(OS(=O)(=O)O)C(O)COS(=O)(=O)O)OS(=O)(=O)O)CC[C@H]5O)O4)O3)CC[C@H]2O[C@@H]1[C@@H](O)C[C@H](C)[C@H]1O[C@@]2(CC[C@H]1C)OCCC[C@H]2C. The van der Waals surface area contributed by atoms with Gasteiger partial charge in [0.05, 0.1) is 81.2 Å². The van der Waals surface area contributed by atoms with Crippen molar-refractivity contribution in [3.63, 3.8) is 0 Å². The largest absolute Gasteiger partial charge is 0.465 e. The maximum absolute atomic E-state index is 13.4. The van der Waals surface area contributed by atoms with Crippen molar-refractivity contribution < 1.29 is 139 Å². The van der Waals surface area contributed by atoms with Gasteiger partial charge in [-0.2, -0.15) is 25.3 Å². The van der Waals surface area contributed by atoms with E-state index < -0.39 is 165 Å². The molecule has 0 saturated carbocycles. The first kappa shape index (κ1) is 83.7. The molecular formula is C67H106O30S3. The smallest absolute Gasteiger partial charge is 0.397 e. The van der Waals surface area contributed by atoms with E-state index in [-0.39, 0.29) is 75.3 Å². The van der Waals surface area contributed by atoms with E-state index in [1.54, 1.807) is 31.2 Å². The Morgan fingerprint density at radius 1 is 0.820 bits per heavy atom. The van der Waals surface area contributed by atoms with E-state index in [2.05, 4.69) is 39.9 Å². The third kappa shape index (κ3) is 24.5. The van der Waals surface area contributed by atoms with Crippen molar-refractivity contribution in [3.05, 3.63) is 71.9 Å². The van der Waals surface area contributed by atoms with Gasteiger partial charge in [0, 0.05) is 50.4 Å². The van der Waals surface area contributed by atoms with Crippen LogP contribution in [0.4, 0.5) is 0 Å². The van der Waals surface area contributed by atoms with Gasteiger partial charge in [0.2, 0.25) is 5.79 Å². The molecule has 7 aliphatic rings. The fourth-order valence-electron chi connectivity index (χ4n) is 14.4. The molecule has 0 bridgehead atoms. The highest BCUT2D eigenvalue weighted by atomic mass is 32.3. The quantitative estimate of drug-likeness (QED) is 0.0131. The van der Waals surface area contributed by atoms with E-state index in [0.717, 1.165) is 31.3 Å². The summed E-state index contributed by atoms with van der Waals surface area (Å²) >= 11 is 0. The van der Waals surface area contributed by atoms with Gasteiger partial charge in [0.15, 0.2) is 17.2 Å². The summed E-state index contributed by atoms with van der Waals surface area (Å²) in [4.78, 5) is 25.7. The van der Waals surface area contributed by atoms with Gasteiger partial charge in [-0.25, -0.2) is 17.3 Å². The molecule has 572 valence electrons. The van der Waals surface area contributed by atoms with E-state index in [1.165, 1.54) is 19.1 Å². The minimum atomic E-state index is -5.46. The van der Waals surface area contributed by atoms with Crippen LogP contribution in [0, 0.1) is 23.7 Å². The van der Waals surface area contributed by atoms with E-state index >= 15 is 0 Å². The first-order chi connectivity index (χ1) is 46.7. The minimum Gasteiger partial charge on any atom is -0.465 e. The predicted octanol–water partition coefficient (Wildman–Crippen LogP) is 5.14. The lowest BCUT2D eigenvalue weighted by Gasteiger charge is -2.51. The van der Waals surface area contributed by atoms with Crippen molar-refractivity contribution in [1.82, 2.24) is 0 Å². The molecule has 0 amide bonds. The van der Waals surface area contributed by atoms with Crippen LogP contribution in [-0.4, -0.2) is 228 Å². The summed E-state index contributed by atoms with van der Waals surface area (Å²) in [5.41, 5.74) is -0.0405. The van der Waals surface area contributed by atoms with Gasteiger partial charge in [0.25, 0.3) is 0 Å². The Balaban J connectivity index is 0.790. The highest BCUT2D eigenvalue weighted by molar-refractivity contribution is 7.81. The van der Waals surface area contributed by atoms with Gasteiger partial charge < -0.3 is 78.4 Å². The Morgan fingerprint density at radius 3 is 2.24 bits per heavy atom. The molecule has 3 spiro atoms. The number of rotatable bonds is 34. The van der Waals surface area contributed by atoms with Crippen LogP contribution < -0.4 is 0 Å². The summed E-state index contributed by atoms with van der Waals surface area (Å²) in [5.74, 6) is -4.15. The highest BCUT2D eigenvalue weighted by Gasteiger charge is 2.56. The molecule has 0 aromatic heterocycles. The molecule has 6 fully saturated rings. The van der Waals surface area contributed by atoms with E-state index in [1.807, 2.05) is 26.0 Å². The molecule has 5 unspecified atom stereocenters. The molecule has 0 aromatic carbocycles. The van der Waals surface area contributed by atoms with Gasteiger partial charge in [0.1, 0.15) is 43.2 Å². The van der Waals surface area contributed by atoms with Crippen molar-refractivity contribution in [2.45, 2.75) is 285 Å². The average molecular weight is 1490 g/mol. The van der Waals surface area contributed by atoms with E-state index in [0.29, 0.717) is 75.0 Å². The van der Waals surface area contributed by atoms with Crippen LogP contribution in [0.2, 0.25) is 0 Å². The topological polar surface area (TPSA) is 450 Å². The zero-order valence-corrected chi connectivity index (χ0v) is 60.4. The maximum Gasteiger partial charge on any atom is 0.397 e. The van der Waals surface area contributed by atoms with Crippen molar-refractivity contribution in [2.75, 3.05) is 26.4 Å². The zero-order chi connectivity index (χ0) is 73.8. The lowest BCUT2D eigenvalue weighted by Crippen LogP contribution is -2.60. The third-order valence-electron chi connectivity index (χ3n) is 19.8. The Morgan fingerprint density at radius 2 is 1.54 bits per heavy atom. The Kier molecular flexibility index (Phi) is 30.3. The van der Waals surface area contributed by atoms with Crippen LogP contribution in [-0.2, 0) is 96.0 Å². The molecule has 100 heavy (non-hydrogen) atoms. The fraction of sp³-hybridized carbons (Fsp3) is 0.791. The zero-order valence-electron chi connectivity index (χ0n) is 57.9. The molecule has 0 aliphatic carbocycles. The van der Waals surface area contributed by atoms with Crippen LogP contribution in [0.3, 0.4) is 0 Å². The number of aliphatic hydroxyl groups is 7. The van der Waals surface area contributed by atoms with Crippen molar-refractivity contribution >= 4 is 43.1 Å². The lowest BCUT2D eigenvalue weighted by atomic mass is 9.78. The van der Waals surface area contributed by atoms with E-state index in [9.17, 15) is 75.1 Å². The van der Waals surface area contributed by atoms with E-state index in [4.69, 9.17) is 51.7 Å². The number of hydrogen-bond donors (Lipinski definition) is 10. The molecule has 0 radical (unpaired) electrons. The summed E-state index contributed by atoms with van der Waals surface area (Å²) in [6.45, 7) is 16.9. The second-order valence-corrected chi connectivity index (χ2v) is 31.6. The second-order valence-electron chi connectivity index (χ2n) is 28.4. The number of ether oxygens (including phenoxy) is 9. The number of esters is 2. The Labute approximate surface area is 586 Å². The molecule has 10 N–H and O–H groups in total. The van der Waals surface area contributed by atoms with Crippen LogP contribution >= 0.6 is 0 Å². The summed E-state index contributed by atoms with van der Waals surface area (Å²) < 4.78 is 164. The first-order valence-corrected chi connectivity index (χ1v) is 38.6. The molecular weight excluding hydrogens is 1380 g/mol. The monoisotopic (exact) mass is 1490 g/mol. The average Bonchev–Trinajstić information content (AvgIpc) is 1.25. The van der Waals surface area contributed by atoms with Gasteiger partial charge in [-0.1, -0.05) is 82.4 Å². The second kappa shape index (κ2) is 36.1. The third-order valence-corrected chi connectivity index (χ3v) is 21.2. The number of carbonyl (C=O) groups is 2. The number of allylic oxidation sites excluding steroid dienone is 3. The standard InChI is InChI=1S/C67H106O30S3/c1-40(16-11-10-14-30-86-57(73)19-13-9-12-18-47(68)34-50(96-99(80,81)82)35-52(70)61(97-100(83,84)85)53(71)39-89-98(77,78)79)38-87-63(75)64(8,76)37-49-22-23-56(72)67(92-49)36-41(2)32-55(93-67)42(3)20-21-48-25-27-65(91-48)28-26-54-62(94-65)58(74)46(7)60(90-54)51(69)33-44(5)59-43(4)24-29-66(95-59)45(6)17-15-31-88-66/h9-11,13,16,20-21,36,42-45,47-56,58-62,68-72,74,76H,7,12,14-15,17-19,22-35,37-39H2,1-6,8H3,(H,77,78,79)(H,80,81,82)(H,83,84,85)/b11-10+,13-9-,21-20+,40-16+/t42-,43-,44+,45-,47?,48+,49+,50?,51+,52?,53?,54-,55+,56-,58-,59+,60+,61?,62-,64-,65-,66-,67-/m1/s1. The van der Waals surface area contributed by atoms with Crippen molar-refractivity contribution in [1.29, 1.82) is 0 Å². The van der Waals surface area contributed by atoms with Crippen LogP contribution in [0.5, 0.6) is 0 Å². The normalized spacial score (nSPS) is 34.2. The molecule has 6 saturated heterocycles. The van der Waals surface area contributed by atoms with Gasteiger partial charge in [-0.05, 0) is 127 Å². The Hall–Kier alpha value is -3.57. The van der Waals surface area contributed by atoms with Crippen LogP contribution in [0.25, 0.3) is 0 Å².